The lowest BCUT2D eigenvalue weighted by atomic mass is 10.0. The van der Waals surface area contributed by atoms with Crippen molar-refractivity contribution in [2.24, 2.45) is 0 Å². The van der Waals surface area contributed by atoms with Gasteiger partial charge in [-0.2, -0.15) is 0 Å². The Kier molecular flexibility index (Phi) is 6.77. The molecule has 0 radical (unpaired) electrons. The number of allylic oxidation sites excluding steroid dienone is 1. The number of fused-ring (bicyclic) bond motifs is 5. The molecule has 2 heterocycles. The van der Waals surface area contributed by atoms with Crippen molar-refractivity contribution in [3.05, 3.63) is 101 Å². The molecule has 37 heavy (non-hydrogen) atoms. The molecule has 0 aliphatic carbocycles. The lowest BCUT2D eigenvalue weighted by molar-refractivity contribution is -0.127. The summed E-state index contributed by atoms with van der Waals surface area (Å²) in [5.41, 5.74) is 4.71. The van der Waals surface area contributed by atoms with E-state index in [0.717, 1.165) is 27.7 Å². The van der Waals surface area contributed by atoms with Crippen LogP contribution in [0.4, 0.5) is 10.1 Å². The van der Waals surface area contributed by atoms with Crippen LogP contribution in [0.25, 0.3) is 17.0 Å². The molecule has 188 valence electrons. The van der Waals surface area contributed by atoms with Gasteiger partial charge in [0.2, 0.25) is 11.8 Å². The second kappa shape index (κ2) is 10.3. The number of hydrogen-bond donors (Lipinski definition) is 2. The fourth-order valence-corrected chi connectivity index (χ4v) is 4.83. The lowest BCUT2D eigenvalue weighted by Crippen LogP contribution is -2.49. The molecule has 1 atom stereocenters. The monoisotopic (exact) mass is 497 g/mol. The predicted octanol–water partition coefficient (Wildman–Crippen LogP) is 4.82. The zero-order valence-corrected chi connectivity index (χ0v) is 20.8. The van der Waals surface area contributed by atoms with E-state index in [0.29, 0.717) is 23.4 Å². The van der Waals surface area contributed by atoms with Crippen LogP contribution in [0.5, 0.6) is 5.75 Å². The van der Waals surface area contributed by atoms with Crippen LogP contribution in [0.3, 0.4) is 0 Å². The topological polar surface area (TPSA) is 74.4 Å². The minimum Gasteiger partial charge on any atom is -0.497 e. The first-order valence-corrected chi connectivity index (χ1v) is 12.2. The molecule has 1 unspecified atom stereocenters. The van der Waals surface area contributed by atoms with Gasteiger partial charge in [0.15, 0.2) is 0 Å². The van der Waals surface area contributed by atoms with Crippen molar-refractivity contribution in [3.63, 3.8) is 0 Å². The van der Waals surface area contributed by atoms with Gasteiger partial charge in [0, 0.05) is 35.8 Å². The second-order valence-corrected chi connectivity index (χ2v) is 9.23. The number of amides is 2. The van der Waals surface area contributed by atoms with Gasteiger partial charge in [-0.3, -0.25) is 9.59 Å². The van der Waals surface area contributed by atoms with Crippen molar-refractivity contribution in [3.8, 4) is 5.75 Å². The molecule has 0 fully saturated rings. The number of carbonyl (C=O) groups is 2. The van der Waals surface area contributed by atoms with Gasteiger partial charge in [-0.15, -0.1) is 0 Å². The van der Waals surface area contributed by atoms with E-state index in [1.807, 2.05) is 42.5 Å². The summed E-state index contributed by atoms with van der Waals surface area (Å²) >= 11 is 0. The van der Waals surface area contributed by atoms with Gasteiger partial charge in [0.25, 0.3) is 0 Å². The van der Waals surface area contributed by atoms with Crippen molar-refractivity contribution in [1.82, 2.24) is 10.3 Å². The summed E-state index contributed by atoms with van der Waals surface area (Å²) in [7, 11) is 3.24. The van der Waals surface area contributed by atoms with Crippen molar-refractivity contribution in [1.29, 1.82) is 0 Å². The number of rotatable bonds is 3. The Morgan fingerprint density at radius 2 is 1.81 bits per heavy atom. The van der Waals surface area contributed by atoms with Crippen LogP contribution in [0.2, 0.25) is 0 Å². The number of anilines is 1. The van der Waals surface area contributed by atoms with E-state index in [1.165, 1.54) is 17.0 Å². The Hall–Kier alpha value is -4.39. The molecule has 0 saturated heterocycles. The van der Waals surface area contributed by atoms with E-state index in [2.05, 4.69) is 10.3 Å². The molecule has 5 rings (SSSR count). The molecule has 0 saturated carbocycles. The van der Waals surface area contributed by atoms with Crippen LogP contribution in [0.1, 0.15) is 22.4 Å². The Balaban J connectivity index is 1.52. The number of ether oxygens (including phenoxy) is 1. The molecule has 1 aliphatic rings. The average Bonchev–Trinajstić information content (AvgIpc) is 3.24. The smallest absolute Gasteiger partial charge is 0.249 e. The highest BCUT2D eigenvalue weighted by molar-refractivity contribution is 6.00. The summed E-state index contributed by atoms with van der Waals surface area (Å²) in [5.74, 6) is -0.272. The first-order chi connectivity index (χ1) is 17.9. The van der Waals surface area contributed by atoms with E-state index in [1.54, 1.807) is 38.4 Å². The van der Waals surface area contributed by atoms with Crippen LogP contribution in [0.15, 0.2) is 72.8 Å². The molecule has 6 nitrogen and oxygen atoms in total. The third kappa shape index (κ3) is 5.26. The largest absolute Gasteiger partial charge is 0.497 e. The van der Waals surface area contributed by atoms with Crippen molar-refractivity contribution < 1.29 is 18.7 Å². The number of nitrogens with zero attached hydrogens (tertiary/aromatic N) is 1. The van der Waals surface area contributed by atoms with Crippen molar-refractivity contribution in [2.75, 3.05) is 19.1 Å². The predicted molar refractivity (Wildman–Crippen MR) is 143 cm³/mol. The third-order valence-electron chi connectivity index (χ3n) is 6.70. The normalized spacial score (nSPS) is 15.6. The summed E-state index contributed by atoms with van der Waals surface area (Å²) in [6, 6.07) is 18.8. The quantitative estimate of drug-likeness (QED) is 0.426. The number of aromatic amines is 1. The Bertz CT molecular complexity index is 1490. The number of para-hydroxylation sites is 1. The molecule has 2 N–H and O–H groups in total. The number of methoxy groups -OCH3 is 1. The summed E-state index contributed by atoms with van der Waals surface area (Å²) in [4.78, 5) is 31.8. The SMILES string of the molecule is COc1ccc(N(C)C(=O)C2Cc3cc(F)cc(c3)CC=Cc3[nH]c4ccccc4c3CC(=O)N2)cc1. The highest BCUT2D eigenvalue weighted by atomic mass is 19.1. The van der Waals surface area contributed by atoms with Gasteiger partial charge in [0.1, 0.15) is 17.6 Å². The summed E-state index contributed by atoms with van der Waals surface area (Å²) in [5, 5.41) is 3.89. The molecule has 1 aliphatic heterocycles. The summed E-state index contributed by atoms with van der Waals surface area (Å²) < 4.78 is 19.7. The fraction of sp³-hybridized carbons (Fsp3) is 0.200. The maximum atomic E-state index is 14.5. The fourth-order valence-electron chi connectivity index (χ4n) is 4.83. The first-order valence-electron chi connectivity index (χ1n) is 12.2. The molecule has 2 bridgehead atoms. The molecule has 2 amide bonds. The number of hydrogen-bond acceptors (Lipinski definition) is 3. The molecule has 3 aromatic carbocycles. The first kappa shape index (κ1) is 24.3. The van der Waals surface area contributed by atoms with Crippen LogP contribution in [0, 0.1) is 5.82 Å². The van der Waals surface area contributed by atoms with E-state index in [-0.39, 0.29) is 30.5 Å². The van der Waals surface area contributed by atoms with E-state index in [4.69, 9.17) is 4.74 Å². The molecule has 4 aromatic rings. The van der Waals surface area contributed by atoms with Crippen molar-refractivity contribution >= 4 is 34.5 Å². The molecule has 1 aromatic heterocycles. The minimum atomic E-state index is -0.878. The van der Waals surface area contributed by atoms with Gasteiger partial charge in [0.05, 0.1) is 13.5 Å². The zero-order chi connectivity index (χ0) is 25.9. The average molecular weight is 498 g/mol. The molecular formula is C30H28FN3O3. The van der Waals surface area contributed by atoms with E-state index >= 15 is 0 Å². The number of nitrogens with one attached hydrogen (secondary N) is 2. The number of aromatic nitrogens is 1. The Labute approximate surface area is 214 Å². The molecule has 0 spiro atoms. The maximum Gasteiger partial charge on any atom is 0.249 e. The van der Waals surface area contributed by atoms with Gasteiger partial charge < -0.3 is 19.9 Å². The zero-order valence-electron chi connectivity index (χ0n) is 20.8. The Morgan fingerprint density at radius 3 is 2.59 bits per heavy atom. The number of carbonyl (C=O) groups excluding carboxylic acids is 2. The van der Waals surface area contributed by atoms with E-state index < -0.39 is 6.04 Å². The van der Waals surface area contributed by atoms with Gasteiger partial charge in [-0.1, -0.05) is 30.3 Å². The standard InChI is InChI=1S/C30H28FN3O3/c1-34(22-10-12-23(37-2)13-11-22)30(36)28-17-20-14-19(15-21(31)16-20)6-5-9-27-25(18-29(35)33-28)24-7-3-4-8-26(24)32-27/h3-5,7-16,28,32H,6,17-18H2,1-2H3,(H,33,35). The highest BCUT2D eigenvalue weighted by Gasteiger charge is 2.27. The van der Waals surface area contributed by atoms with Crippen LogP contribution in [-0.4, -0.2) is 37.0 Å². The second-order valence-electron chi connectivity index (χ2n) is 9.23. The summed E-state index contributed by atoms with van der Waals surface area (Å²) in [6.07, 6.45) is 4.69. The minimum absolute atomic E-state index is 0.103. The molecular weight excluding hydrogens is 469 g/mol. The lowest BCUT2D eigenvalue weighted by Gasteiger charge is -2.25. The van der Waals surface area contributed by atoms with Crippen LogP contribution < -0.4 is 15.0 Å². The van der Waals surface area contributed by atoms with Gasteiger partial charge in [-0.25, -0.2) is 4.39 Å². The van der Waals surface area contributed by atoms with Gasteiger partial charge >= 0.3 is 0 Å². The number of halogens is 1. The van der Waals surface area contributed by atoms with Crippen LogP contribution >= 0.6 is 0 Å². The highest BCUT2D eigenvalue weighted by Crippen LogP contribution is 2.25. The third-order valence-corrected chi connectivity index (χ3v) is 6.70. The maximum absolute atomic E-state index is 14.5. The van der Waals surface area contributed by atoms with E-state index in [9.17, 15) is 14.0 Å². The number of H-pyrrole nitrogens is 1. The number of likely N-dealkylation sites (N-methyl/N-ethyl adjacent to an activating group) is 1. The van der Waals surface area contributed by atoms with Crippen molar-refractivity contribution in [2.45, 2.75) is 25.3 Å². The van der Waals surface area contributed by atoms with Crippen LogP contribution in [-0.2, 0) is 28.9 Å². The molecule has 7 heteroatoms. The number of benzene rings is 3. The Morgan fingerprint density at radius 1 is 1.05 bits per heavy atom. The van der Waals surface area contributed by atoms with Gasteiger partial charge in [-0.05, 0) is 71.7 Å². The summed E-state index contributed by atoms with van der Waals surface area (Å²) in [6.45, 7) is 0.